The Bertz CT molecular complexity index is 616. The lowest BCUT2D eigenvalue weighted by molar-refractivity contribution is 0.684. The zero-order chi connectivity index (χ0) is 13.9. The van der Waals surface area contributed by atoms with Gasteiger partial charge in [0.1, 0.15) is 0 Å². The number of hydrogen-bond donors (Lipinski definition) is 2. The second-order valence-corrected chi connectivity index (χ2v) is 5.63. The molecule has 3 rings (SSSR count). The molecule has 1 aliphatic rings. The van der Waals surface area contributed by atoms with Crippen molar-refractivity contribution in [3.63, 3.8) is 0 Å². The number of thiocarbonyl (C=S) groups is 1. The van der Waals surface area contributed by atoms with Crippen LogP contribution in [0.5, 0.6) is 0 Å². The summed E-state index contributed by atoms with van der Waals surface area (Å²) in [5.41, 5.74) is 3.49. The lowest BCUT2D eigenvalue weighted by atomic mass is 10.1. The van der Waals surface area contributed by atoms with E-state index in [9.17, 15) is 0 Å². The minimum absolute atomic E-state index is 0.567. The fourth-order valence-corrected chi connectivity index (χ4v) is 2.34. The predicted octanol–water partition coefficient (Wildman–Crippen LogP) is 2.69. The van der Waals surface area contributed by atoms with E-state index in [1.54, 1.807) is 6.20 Å². The highest BCUT2D eigenvalue weighted by Gasteiger charge is 2.21. The van der Waals surface area contributed by atoms with Gasteiger partial charge in [-0.15, -0.1) is 0 Å². The number of benzene rings is 1. The average Bonchev–Trinajstić information content (AvgIpc) is 3.12. The largest absolute Gasteiger partial charge is 0.360 e. The van der Waals surface area contributed by atoms with E-state index in [-0.39, 0.29) is 0 Å². The number of anilines is 1. The Kier molecular flexibility index (Phi) is 3.69. The maximum Gasteiger partial charge on any atom is 0.171 e. The molecule has 1 aliphatic carbocycles. The van der Waals surface area contributed by atoms with Crippen molar-refractivity contribution in [1.29, 1.82) is 0 Å². The quantitative estimate of drug-likeness (QED) is 0.848. The average molecular weight is 286 g/mol. The molecule has 0 atom stereocenters. The van der Waals surface area contributed by atoms with Gasteiger partial charge >= 0.3 is 0 Å². The Labute approximate surface area is 124 Å². The van der Waals surface area contributed by atoms with Crippen LogP contribution in [0.2, 0.25) is 0 Å². The van der Waals surface area contributed by atoms with Crippen molar-refractivity contribution < 1.29 is 0 Å². The fraction of sp³-hybridized carbons (Fsp3) is 0.333. The summed E-state index contributed by atoms with van der Waals surface area (Å²) in [6, 6.07) is 8.92. The van der Waals surface area contributed by atoms with Crippen LogP contribution >= 0.6 is 12.2 Å². The maximum atomic E-state index is 5.25. The molecular formula is C15H18N4S. The van der Waals surface area contributed by atoms with Crippen molar-refractivity contribution in [3.8, 4) is 0 Å². The summed E-state index contributed by atoms with van der Waals surface area (Å²) in [5.74, 6) is 0. The number of aromatic nitrogens is 2. The Morgan fingerprint density at radius 1 is 1.40 bits per heavy atom. The van der Waals surface area contributed by atoms with E-state index in [4.69, 9.17) is 12.2 Å². The molecule has 0 amide bonds. The van der Waals surface area contributed by atoms with E-state index in [1.165, 1.54) is 24.0 Å². The van der Waals surface area contributed by atoms with E-state index < -0.39 is 0 Å². The molecule has 0 saturated heterocycles. The van der Waals surface area contributed by atoms with Crippen LogP contribution in [-0.4, -0.2) is 20.9 Å². The molecule has 0 bridgehead atoms. The van der Waals surface area contributed by atoms with Crippen LogP contribution in [0.15, 0.2) is 36.7 Å². The van der Waals surface area contributed by atoms with Crippen LogP contribution in [0.3, 0.4) is 0 Å². The van der Waals surface area contributed by atoms with Crippen LogP contribution in [0, 0.1) is 6.92 Å². The number of nitrogens with one attached hydrogen (secondary N) is 2. The number of rotatable bonds is 4. The first-order valence-corrected chi connectivity index (χ1v) is 7.26. The van der Waals surface area contributed by atoms with Crippen LogP contribution in [0.25, 0.3) is 0 Å². The standard InChI is InChI=1S/C15H18N4S/c1-11-4-2-3-5-12(11)9-19-10-14(8-16-19)18-15(20)17-13-6-7-13/h2-5,8,10,13H,6-7,9H2,1H3,(H2,17,18,20). The normalized spacial score (nSPS) is 14.1. The van der Waals surface area contributed by atoms with Crippen LogP contribution in [-0.2, 0) is 6.54 Å². The third kappa shape index (κ3) is 3.36. The highest BCUT2D eigenvalue weighted by Crippen LogP contribution is 2.19. The predicted molar refractivity (Wildman–Crippen MR) is 84.9 cm³/mol. The summed E-state index contributed by atoms with van der Waals surface area (Å²) >= 11 is 5.25. The minimum Gasteiger partial charge on any atom is -0.360 e. The molecule has 0 spiro atoms. The Hall–Kier alpha value is -1.88. The molecule has 1 saturated carbocycles. The SMILES string of the molecule is Cc1ccccc1Cn1cc(NC(=S)NC2CC2)cn1. The highest BCUT2D eigenvalue weighted by molar-refractivity contribution is 7.80. The first kappa shape index (κ1) is 13.1. The summed E-state index contributed by atoms with van der Waals surface area (Å²) in [4.78, 5) is 0. The second-order valence-electron chi connectivity index (χ2n) is 5.23. The third-order valence-electron chi connectivity index (χ3n) is 3.40. The maximum absolute atomic E-state index is 5.25. The van der Waals surface area contributed by atoms with Crippen molar-refractivity contribution in [2.75, 3.05) is 5.32 Å². The molecule has 2 N–H and O–H groups in total. The number of nitrogens with zero attached hydrogens (tertiary/aromatic N) is 2. The Morgan fingerprint density at radius 2 is 2.20 bits per heavy atom. The summed E-state index contributed by atoms with van der Waals surface area (Å²) < 4.78 is 1.92. The van der Waals surface area contributed by atoms with Crippen molar-refractivity contribution in [1.82, 2.24) is 15.1 Å². The van der Waals surface area contributed by atoms with E-state index in [0.717, 1.165) is 12.2 Å². The van der Waals surface area contributed by atoms with Crippen LogP contribution in [0.4, 0.5) is 5.69 Å². The van der Waals surface area contributed by atoms with Gasteiger partial charge in [-0.05, 0) is 43.1 Å². The van der Waals surface area contributed by atoms with Crippen molar-refractivity contribution >= 4 is 23.0 Å². The first-order valence-electron chi connectivity index (χ1n) is 6.85. The summed E-state index contributed by atoms with van der Waals surface area (Å²) in [5, 5.41) is 11.5. The number of hydrogen-bond acceptors (Lipinski definition) is 2. The molecule has 0 unspecified atom stereocenters. The zero-order valence-electron chi connectivity index (χ0n) is 11.5. The third-order valence-corrected chi connectivity index (χ3v) is 3.62. The fourth-order valence-electron chi connectivity index (χ4n) is 2.06. The van der Waals surface area contributed by atoms with Crippen molar-refractivity contribution in [2.24, 2.45) is 0 Å². The van der Waals surface area contributed by atoms with Gasteiger partial charge in [-0.3, -0.25) is 4.68 Å². The van der Waals surface area contributed by atoms with Crippen LogP contribution < -0.4 is 10.6 Å². The van der Waals surface area contributed by atoms with Gasteiger partial charge in [-0.1, -0.05) is 24.3 Å². The number of aryl methyl sites for hydroxylation is 1. The summed E-state index contributed by atoms with van der Waals surface area (Å²) in [6.07, 6.45) is 6.22. The summed E-state index contributed by atoms with van der Waals surface area (Å²) in [7, 11) is 0. The van der Waals surface area contributed by atoms with Crippen molar-refractivity contribution in [3.05, 3.63) is 47.8 Å². The molecule has 4 nitrogen and oxygen atoms in total. The van der Waals surface area contributed by atoms with Gasteiger partial charge in [0, 0.05) is 12.2 Å². The molecule has 1 aromatic carbocycles. The van der Waals surface area contributed by atoms with Gasteiger partial charge in [-0.2, -0.15) is 5.10 Å². The molecular weight excluding hydrogens is 268 g/mol. The topological polar surface area (TPSA) is 41.9 Å². The minimum atomic E-state index is 0.567. The Balaban J connectivity index is 1.61. The van der Waals surface area contributed by atoms with Gasteiger partial charge in [0.15, 0.2) is 5.11 Å². The second kappa shape index (κ2) is 5.63. The molecule has 1 heterocycles. The van der Waals surface area contributed by atoms with E-state index in [0.29, 0.717) is 11.2 Å². The van der Waals surface area contributed by atoms with Gasteiger partial charge in [0.05, 0.1) is 18.4 Å². The molecule has 104 valence electrons. The van der Waals surface area contributed by atoms with E-state index >= 15 is 0 Å². The molecule has 5 heteroatoms. The molecule has 1 aromatic heterocycles. The van der Waals surface area contributed by atoms with Gasteiger partial charge in [0.25, 0.3) is 0 Å². The molecule has 20 heavy (non-hydrogen) atoms. The van der Waals surface area contributed by atoms with Crippen molar-refractivity contribution in [2.45, 2.75) is 32.4 Å². The zero-order valence-corrected chi connectivity index (χ0v) is 12.3. The Morgan fingerprint density at radius 3 is 2.95 bits per heavy atom. The monoisotopic (exact) mass is 286 g/mol. The van der Waals surface area contributed by atoms with Gasteiger partial charge in [0.2, 0.25) is 0 Å². The molecule has 1 fully saturated rings. The van der Waals surface area contributed by atoms with E-state index in [1.807, 2.05) is 10.9 Å². The molecule has 2 aromatic rings. The first-order chi connectivity index (χ1) is 9.70. The highest BCUT2D eigenvalue weighted by atomic mass is 32.1. The van der Waals surface area contributed by atoms with E-state index in [2.05, 4.69) is 46.9 Å². The van der Waals surface area contributed by atoms with Gasteiger partial charge < -0.3 is 10.6 Å². The van der Waals surface area contributed by atoms with Gasteiger partial charge in [-0.25, -0.2) is 0 Å². The molecule has 0 radical (unpaired) electrons. The van der Waals surface area contributed by atoms with Crippen LogP contribution in [0.1, 0.15) is 24.0 Å². The molecule has 0 aliphatic heterocycles. The lowest BCUT2D eigenvalue weighted by Crippen LogP contribution is -2.29. The summed E-state index contributed by atoms with van der Waals surface area (Å²) in [6.45, 7) is 2.89. The smallest absolute Gasteiger partial charge is 0.171 e. The lowest BCUT2D eigenvalue weighted by Gasteiger charge is -2.07.